The maximum Gasteiger partial charge on any atom is 0.433 e. The summed E-state index contributed by atoms with van der Waals surface area (Å²) in [5.41, 5.74) is -0.758. The van der Waals surface area contributed by atoms with E-state index >= 15 is 0 Å². The van der Waals surface area contributed by atoms with Crippen LogP contribution in [0.15, 0.2) is 0 Å². The summed E-state index contributed by atoms with van der Waals surface area (Å²) in [6.07, 6.45) is 1.17. The molecule has 0 unspecified atom stereocenters. The molecule has 8 heteroatoms. The lowest BCUT2D eigenvalue weighted by molar-refractivity contribution is -0.142. The highest BCUT2D eigenvalue weighted by Crippen LogP contribution is 2.37. The number of hydrogen-bond acceptors (Lipinski definition) is 4. The van der Waals surface area contributed by atoms with Crippen molar-refractivity contribution >= 4 is 5.91 Å². The lowest BCUT2D eigenvalue weighted by atomic mass is 9.74. The van der Waals surface area contributed by atoms with Gasteiger partial charge in [-0.25, -0.2) is 9.97 Å². The number of carbonyl (C=O) groups excluding carboxylic acids is 1. The van der Waals surface area contributed by atoms with Crippen molar-refractivity contribution in [3.05, 3.63) is 22.8 Å². The molecule has 5 nitrogen and oxygen atoms in total. The maximum absolute atomic E-state index is 13.4. The van der Waals surface area contributed by atoms with Crippen LogP contribution in [0.25, 0.3) is 0 Å². The molecule has 1 heterocycles. The molecule has 1 atom stereocenters. The molecule has 1 fully saturated rings. The summed E-state index contributed by atoms with van der Waals surface area (Å²) < 4.78 is 40.1. The average Bonchev–Trinajstić information content (AvgIpc) is 2.65. The Morgan fingerprint density at radius 2 is 1.96 bits per heavy atom. The van der Waals surface area contributed by atoms with E-state index in [1.807, 2.05) is 0 Å². The van der Waals surface area contributed by atoms with E-state index in [-0.39, 0.29) is 35.7 Å². The first-order chi connectivity index (χ1) is 12.7. The van der Waals surface area contributed by atoms with Gasteiger partial charge in [-0.3, -0.25) is 4.79 Å². The summed E-state index contributed by atoms with van der Waals surface area (Å²) in [4.78, 5) is 20.4. The molecule has 0 radical (unpaired) electrons. The Hall–Kier alpha value is -1.70. The number of halogens is 3. The minimum absolute atomic E-state index is 0.00240. The Morgan fingerprint density at radius 3 is 2.59 bits per heavy atom. The number of carbonyl (C=O) groups is 1. The maximum atomic E-state index is 13.4. The molecule has 2 N–H and O–H groups in total. The fourth-order valence-corrected chi connectivity index (χ4v) is 4.30. The zero-order valence-electron chi connectivity index (χ0n) is 15.5. The summed E-state index contributed by atoms with van der Waals surface area (Å²) in [7, 11) is 0. The topological polar surface area (TPSA) is 75.1 Å². The second-order valence-electron chi connectivity index (χ2n) is 7.92. The van der Waals surface area contributed by atoms with Gasteiger partial charge in [-0.15, -0.1) is 0 Å². The molecule has 0 bridgehead atoms. The smallest absolute Gasteiger partial charge is 0.396 e. The standard InChI is InChI=1S/C19H26F3N3O2/c1-12-24-15-6-5-13(9-14(15)16(25-12)19(20,21)22)17(27)23-10-18(11-26)7-3-2-4-8-18/h13,26H,2-11H2,1H3,(H,23,27)/t13-/m1/s1. The number of nitrogens with one attached hydrogen (secondary N) is 1. The Labute approximate surface area is 156 Å². The van der Waals surface area contributed by atoms with Gasteiger partial charge in [-0.1, -0.05) is 19.3 Å². The Bertz CT molecular complexity index is 700. The van der Waals surface area contributed by atoms with Crippen LogP contribution in [0.3, 0.4) is 0 Å². The van der Waals surface area contributed by atoms with E-state index in [4.69, 9.17) is 0 Å². The van der Waals surface area contributed by atoms with Crippen molar-refractivity contribution in [1.82, 2.24) is 15.3 Å². The monoisotopic (exact) mass is 385 g/mol. The van der Waals surface area contributed by atoms with Crippen molar-refractivity contribution in [2.75, 3.05) is 13.2 Å². The second-order valence-corrected chi connectivity index (χ2v) is 7.92. The van der Waals surface area contributed by atoms with Gasteiger partial charge in [0, 0.05) is 29.1 Å². The van der Waals surface area contributed by atoms with Gasteiger partial charge >= 0.3 is 6.18 Å². The summed E-state index contributed by atoms with van der Waals surface area (Å²) in [5, 5.41) is 12.6. The minimum atomic E-state index is -4.56. The molecule has 1 saturated carbocycles. The predicted octanol–water partition coefficient (Wildman–Crippen LogP) is 2.97. The first-order valence-electron chi connectivity index (χ1n) is 9.56. The number of hydrogen-bond donors (Lipinski definition) is 2. The zero-order valence-corrected chi connectivity index (χ0v) is 15.5. The number of aromatic nitrogens is 2. The van der Waals surface area contributed by atoms with Gasteiger partial charge < -0.3 is 10.4 Å². The van der Waals surface area contributed by atoms with Gasteiger partial charge in [-0.05, 0) is 39.0 Å². The van der Waals surface area contributed by atoms with Crippen LogP contribution in [0.2, 0.25) is 0 Å². The van der Waals surface area contributed by atoms with Crippen molar-refractivity contribution in [1.29, 1.82) is 0 Å². The first kappa shape index (κ1) is 20.0. The van der Waals surface area contributed by atoms with Crippen LogP contribution in [0, 0.1) is 18.3 Å². The number of aliphatic hydroxyl groups excluding tert-OH is 1. The first-order valence-corrected chi connectivity index (χ1v) is 9.56. The lowest BCUT2D eigenvalue weighted by Crippen LogP contribution is -2.44. The fraction of sp³-hybridized carbons (Fsp3) is 0.737. The SMILES string of the molecule is Cc1nc2c(c(C(F)(F)F)n1)C[C@H](C(=O)NCC1(CO)CCCCC1)CC2. The largest absolute Gasteiger partial charge is 0.433 e. The molecule has 1 aromatic heterocycles. The predicted molar refractivity (Wildman–Crippen MR) is 92.9 cm³/mol. The van der Waals surface area contributed by atoms with E-state index in [1.54, 1.807) is 0 Å². The van der Waals surface area contributed by atoms with Gasteiger partial charge in [0.2, 0.25) is 5.91 Å². The van der Waals surface area contributed by atoms with Gasteiger partial charge in [0.05, 0.1) is 6.61 Å². The molecule has 0 aromatic carbocycles. The number of nitrogens with zero attached hydrogens (tertiary/aromatic N) is 2. The molecule has 0 aliphatic heterocycles. The van der Waals surface area contributed by atoms with E-state index in [2.05, 4.69) is 15.3 Å². The number of fused-ring (bicyclic) bond motifs is 1. The number of aryl methyl sites for hydroxylation is 2. The van der Waals surface area contributed by atoms with Gasteiger partial charge in [0.15, 0.2) is 5.69 Å². The zero-order chi connectivity index (χ0) is 19.7. The van der Waals surface area contributed by atoms with Crippen LogP contribution >= 0.6 is 0 Å². The molecule has 2 aliphatic carbocycles. The minimum Gasteiger partial charge on any atom is -0.396 e. The molecule has 2 aliphatic rings. The molecule has 1 aromatic rings. The number of amides is 1. The molecular weight excluding hydrogens is 359 g/mol. The third-order valence-corrected chi connectivity index (χ3v) is 5.91. The van der Waals surface area contributed by atoms with Crippen molar-refractivity contribution < 1.29 is 23.1 Å². The van der Waals surface area contributed by atoms with Crippen LogP contribution in [0.1, 0.15) is 61.3 Å². The normalized spacial score (nSPS) is 22.2. The highest BCUT2D eigenvalue weighted by Gasteiger charge is 2.40. The molecule has 3 rings (SSSR count). The van der Waals surface area contributed by atoms with Gasteiger partial charge in [0.25, 0.3) is 0 Å². The summed E-state index contributed by atoms with van der Waals surface area (Å²) in [5.74, 6) is -0.664. The van der Waals surface area contributed by atoms with Crippen molar-refractivity contribution in [2.24, 2.45) is 11.3 Å². The Balaban J connectivity index is 1.71. The van der Waals surface area contributed by atoms with E-state index in [1.165, 1.54) is 6.92 Å². The molecule has 27 heavy (non-hydrogen) atoms. The van der Waals surface area contributed by atoms with Gasteiger partial charge in [-0.2, -0.15) is 13.2 Å². The number of aliphatic hydroxyl groups is 1. The number of rotatable bonds is 4. The third kappa shape index (κ3) is 4.42. The van der Waals surface area contributed by atoms with Crippen LogP contribution in [-0.2, 0) is 23.8 Å². The molecule has 0 saturated heterocycles. The Kier molecular flexibility index (Phi) is 5.74. The molecular formula is C19H26F3N3O2. The third-order valence-electron chi connectivity index (χ3n) is 5.91. The fourth-order valence-electron chi connectivity index (χ4n) is 4.30. The van der Waals surface area contributed by atoms with E-state index in [0.717, 1.165) is 32.1 Å². The highest BCUT2D eigenvalue weighted by molar-refractivity contribution is 5.79. The van der Waals surface area contributed by atoms with E-state index in [9.17, 15) is 23.1 Å². The van der Waals surface area contributed by atoms with Crippen LogP contribution in [0.4, 0.5) is 13.2 Å². The molecule has 150 valence electrons. The van der Waals surface area contributed by atoms with E-state index in [0.29, 0.717) is 25.1 Å². The van der Waals surface area contributed by atoms with E-state index < -0.39 is 17.8 Å². The summed E-state index contributed by atoms with van der Waals surface area (Å²) in [6, 6.07) is 0. The van der Waals surface area contributed by atoms with Crippen molar-refractivity contribution in [3.63, 3.8) is 0 Å². The quantitative estimate of drug-likeness (QED) is 0.836. The Morgan fingerprint density at radius 1 is 1.26 bits per heavy atom. The lowest BCUT2D eigenvalue weighted by Gasteiger charge is -2.36. The second kappa shape index (κ2) is 7.73. The van der Waals surface area contributed by atoms with Crippen molar-refractivity contribution in [3.8, 4) is 0 Å². The van der Waals surface area contributed by atoms with Crippen molar-refractivity contribution in [2.45, 2.75) is 64.5 Å². The van der Waals surface area contributed by atoms with Crippen LogP contribution in [0.5, 0.6) is 0 Å². The highest BCUT2D eigenvalue weighted by atomic mass is 19.4. The average molecular weight is 385 g/mol. The van der Waals surface area contributed by atoms with Crippen LogP contribution in [-0.4, -0.2) is 34.1 Å². The number of alkyl halides is 3. The summed E-state index contributed by atoms with van der Waals surface area (Å²) in [6.45, 7) is 1.85. The summed E-state index contributed by atoms with van der Waals surface area (Å²) >= 11 is 0. The van der Waals surface area contributed by atoms with Gasteiger partial charge in [0.1, 0.15) is 5.82 Å². The van der Waals surface area contributed by atoms with Crippen LogP contribution < -0.4 is 5.32 Å². The molecule has 1 amide bonds. The molecule has 0 spiro atoms.